The zero-order chi connectivity index (χ0) is 9.14. The molecule has 1 saturated heterocycles. The Morgan fingerprint density at radius 3 is 1.14 bits per heavy atom. The average Bonchev–Trinajstić information content (AvgIpc) is 2.04. The third-order valence-electron chi connectivity index (χ3n) is 1.82. The van der Waals surface area contributed by atoms with Gasteiger partial charge in [0.15, 0.2) is 0 Å². The van der Waals surface area contributed by atoms with Crippen LogP contribution in [0.1, 0.15) is 0 Å². The molecule has 0 aromatic carbocycles. The Hall–Kier alpha value is -0.880. The summed E-state index contributed by atoms with van der Waals surface area (Å²) >= 11 is 0. The van der Waals surface area contributed by atoms with Gasteiger partial charge >= 0.3 is 12.2 Å². The van der Waals surface area contributed by atoms with Gasteiger partial charge in [0, 0.05) is 26.2 Å². The van der Waals surface area contributed by atoms with E-state index in [1.165, 1.54) is 9.80 Å². The lowest BCUT2D eigenvalue weighted by molar-refractivity contribution is 0.0941. The van der Waals surface area contributed by atoms with E-state index in [4.69, 9.17) is 10.2 Å². The van der Waals surface area contributed by atoms with Gasteiger partial charge in [-0.15, -0.1) is 24.8 Å². The van der Waals surface area contributed by atoms with Crippen LogP contribution in [-0.4, -0.2) is 58.4 Å². The van der Waals surface area contributed by atoms with Crippen LogP contribution in [0.3, 0.4) is 0 Å². The van der Waals surface area contributed by atoms with Gasteiger partial charge in [0.25, 0.3) is 0 Å². The highest BCUT2D eigenvalue weighted by Crippen LogP contribution is 2.01. The standard InChI is InChI=1S/C6H10N2O4.2ClH/c9-5(10)7-1-2-8(4-3-7)6(11)12;;/h1-4H2,(H,9,10)(H,11,12);2*1H. The number of nitrogens with zero attached hydrogens (tertiary/aromatic N) is 2. The minimum atomic E-state index is -0.986. The van der Waals surface area contributed by atoms with E-state index in [9.17, 15) is 9.59 Å². The highest BCUT2D eigenvalue weighted by atomic mass is 35.5. The minimum Gasteiger partial charge on any atom is -0.465 e. The SMILES string of the molecule is Cl.Cl.O=C(O)N1CCN(C(=O)O)CC1. The van der Waals surface area contributed by atoms with Crippen LogP contribution in [0, 0.1) is 0 Å². The van der Waals surface area contributed by atoms with Crippen LogP contribution >= 0.6 is 24.8 Å². The second-order valence-corrected chi connectivity index (χ2v) is 2.54. The molecule has 0 aromatic rings. The molecule has 0 atom stereocenters. The van der Waals surface area contributed by atoms with Crippen LogP contribution in [0.15, 0.2) is 0 Å². The van der Waals surface area contributed by atoms with Crippen molar-refractivity contribution in [2.45, 2.75) is 0 Å². The topological polar surface area (TPSA) is 81.1 Å². The van der Waals surface area contributed by atoms with Crippen molar-refractivity contribution in [2.24, 2.45) is 0 Å². The summed E-state index contributed by atoms with van der Waals surface area (Å²) in [5.74, 6) is 0. The lowest BCUT2D eigenvalue weighted by atomic mass is 10.3. The van der Waals surface area contributed by atoms with Crippen LogP contribution in [0.25, 0.3) is 0 Å². The van der Waals surface area contributed by atoms with Crippen LogP contribution in [0.5, 0.6) is 0 Å². The van der Waals surface area contributed by atoms with Gasteiger partial charge < -0.3 is 20.0 Å². The average molecular weight is 247 g/mol. The summed E-state index contributed by atoms with van der Waals surface area (Å²) in [6.07, 6.45) is -1.97. The second-order valence-electron chi connectivity index (χ2n) is 2.54. The van der Waals surface area contributed by atoms with Crippen LogP contribution in [0.2, 0.25) is 0 Å². The fourth-order valence-electron chi connectivity index (χ4n) is 1.09. The number of piperazine rings is 1. The summed E-state index contributed by atoms with van der Waals surface area (Å²) in [7, 11) is 0. The predicted molar refractivity (Wildman–Crippen MR) is 53.7 cm³/mol. The summed E-state index contributed by atoms with van der Waals surface area (Å²) in [5, 5.41) is 17.0. The van der Waals surface area contributed by atoms with Gasteiger partial charge in [-0.1, -0.05) is 0 Å². The van der Waals surface area contributed by atoms with E-state index < -0.39 is 12.2 Å². The van der Waals surface area contributed by atoms with Crippen molar-refractivity contribution in [3.8, 4) is 0 Å². The molecule has 0 aromatic heterocycles. The molecule has 2 amide bonds. The van der Waals surface area contributed by atoms with Gasteiger partial charge in [-0.05, 0) is 0 Å². The van der Waals surface area contributed by atoms with E-state index in [0.717, 1.165) is 0 Å². The highest BCUT2D eigenvalue weighted by Gasteiger charge is 2.22. The first-order valence-corrected chi connectivity index (χ1v) is 3.57. The fourth-order valence-corrected chi connectivity index (χ4v) is 1.09. The molecule has 1 rings (SSSR count). The summed E-state index contributed by atoms with van der Waals surface area (Å²) < 4.78 is 0. The third kappa shape index (κ3) is 3.89. The fraction of sp³-hybridized carbons (Fsp3) is 0.667. The Balaban J connectivity index is 0. The first-order chi connectivity index (χ1) is 5.61. The molecule has 8 heteroatoms. The summed E-state index contributed by atoms with van der Waals surface area (Å²) in [5.41, 5.74) is 0. The number of carbonyl (C=O) groups is 2. The van der Waals surface area contributed by atoms with E-state index in [0.29, 0.717) is 0 Å². The van der Waals surface area contributed by atoms with Gasteiger partial charge in [0.1, 0.15) is 0 Å². The second kappa shape index (κ2) is 6.56. The molecule has 14 heavy (non-hydrogen) atoms. The molecule has 0 saturated carbocycles. The van der Waals surface area contributed by atoms with Crippen molar-refractivity contribution in [3.63, 3.8) is 0 Å². The lowest BCUT2D eigenvalue weighted by Gasteiger charge is -2.31. The zero-order valence-electron chi connectivity index (χ0n) is 7.25. The molecule has 1 fully saturated rings. The van der Waals surface area contributed by atoms with Gasteiger partial charge in [0.2, 0.25) is 0 Å². The normalized spacial score (nSPS) is 15.1. The number of carboxylic acid groups (broad SMARTS) is 2. The molecule has 2 N–H and O–H groups in total. The van der Waals surface area contributed by atoms with Gasteiger partial charge in [0.05, 0.1) is 0 Å². The van der Waals surface area contributed by atoms with Crippen molar-refractivity contribution < 1.29 is 19.8 Å². The van der Waals surface area contributed by atoms with Crippen molar-refractivity contribution in [1.29, 1.82) is 0 Å². The minimum absolute atomic E-state index is 0. The van der Waals surface area contributed by atoms with Crippen molar-refractivity contribution in [1.82, 2.24) is 9.80 Å². The maximum absolute atomic E-state index is 10.4. The molecule has 84 valence electrons. The van der Waals surface area contributed by atoms with E-state index in [2.05, 4.69) is 0 Å². The summed E-state index contributed by atoms with van der Waals surface area (Å²) in [6.45, 7) is 1.06. The first kappa shape index (κ1) is 15.6. The highest BCUT2D eigenvalue weighted by molar-refractivity contribution is 5.85. The molecular formula is C6H12Cl2N2O4. The number of rotatable bonds is 0. The van der Waals surface area contributed by atoms with Crippen LogP contribution < -0.4 is 0 Å². The molecule has 6 nitrogen and oxygen atoms in total. The van der Waals surface area contributed by atoms with Gasteiger partial charge in [-0.3, -0.25) is 0 Å². The Morgan fingerprint density at radius 1 is 0.786 bits per heavy atom. The molecule has 1 aliphatic rings. The van der Waals surface area contributed by atoms with E-state index in [1.54, 1.807) is 0 Å². The van der Waals surface area contributed by atoms with E-state index in [1.807, 2.05) is 0 Å². The largest absolute Gasteiger partial charge is 0.465 e. The maximum atomic E-state index is 10.4. The third-order valence-corrected chi connectivity index (χ3v) is 1.82. The smallest absolute Gasteiger partial charge is 0.407 e. The van der Waals surface area contributed by atoms with E-state index >= 15 is 0 Å². The lowest BCUT2D eigenvalue weighted by Crippen LogP contribution is -2.49. The van der Waals surface area contributed by atoms with Crippen LogP contribution in [-0.2, 0) is 0 Å². The monoisotopic (exact) mass is 246 g/mol. The van der Waals surface area contributed by atoms with Crippen LogP contribution in [0.4, 0.5) is 9.59 Å². The van der Waals surface area contributed by atoms with Gasteiger partial charge in [-0.25, -0.2) is 9.59 Å². The molecule has 0 radical (unpaired) electrons. The Morgan fingerprint density at radius 2 is 1.00 bits per heavy atom. The van der Waals surface area contributed by atoms with Crippen molar-refractivity contribution in [3.05, 3.63) is 0 Å². The molecule has 0 aliphatic carbocycles. The number of halogens is 2. The quantitative estimate of drug-likeness (QED) is 0.663. The Kier molecular flexibility index (Phi) is 7.30. The predicted octanol–water partition coefficient (Wildman–Crippen LogP) is 0.804. The molecule has 0 bridgehead atoms. The van der Waals surface area contributed by atoms with Crippen molar-refractivity contribution >= 4 is 37.0 Å². The molecule has 0 unspecified atom stereocenters. The maximum Gasteiger partial charge on any atom is 0.407 e. The first-order valence-electron chi connectivity index (χ1n) is 3.57. The van der Waals surface area contributed by atoms with Crippen molar-refractivity contribution in [2.75, 3.05) is 26.2 Å². The summed E-state index contributed by atoms with van der Waals surface area (Å²) in [6, 6.07) is 0. The zero-order valence-corrected chi connectivity index (χ0v) is 8.88. The summed E-state index contributed by atoms with van der Waals surface area (Å²) in [4.78, 5) is 23.2. The van der Waals surface area contributed by atoms with E-state index in [-0.39, 0.29) is 51.0 Å². The number of hydrogen-bond donors (Lipinski definition) is 2. The molecule has 1 heterocycles. The molecule has 1 aliphatic heterocycles. The van der Waals surface area contributed by atoms with Gasteiger partial charge in [-0.2, -0.15) is 0 Å². The Bertz CT molecular complexity index is 184. The number of hydrogen-bond acceptors (Lipinski definition) is 2. The molecular weight excluding hydrogens is 235 g/mol. The number of amides is 2. The Labute approximate surface area is 93.3 Å². The molecule has 0 spiro atoms.